The number of aryl methyl sites for hydroxylation is 1. The molecule has 19 heavy (non-hydrogen) atoms. The van der Waals surface area contributed by atoms with E-state index in [1.807, 2.05) is 19.1 Å². The third kappa shape index (κ3) is 1.62. The van der Waals surface area contributed by atoms with Crippen LogP contribution in [0.4, 0.5) is 0 Å². The largest absolute Gasteiger partial charge is 0.309 e. The zero-order valence-electron chi connectivity index (χ0n) is 10.6. The van der Waals surface area contributed by atoms with E-state index in [0.29, 0.717) is 0 Å². The van der Waals surface area contributed by atoms with Crippen molar-refractivity contribution in [3.8, 4) is 11.4 Å². The molecule has 3 heterocycles. The molecule has 0 saturated carbocycles. The van der Waals surface area contributed by atoms with Crippen LogP contribution in [0.2, 0.25) is 0 Å². The molecule has 0 fully saturated rings. The van der Waals surface area contributed by atoms with E-state index < -0.39 is 0 Å². The van der Waals surface area contributed by atoms with Gasteiger partial charge in [-0.15, -0.1) is 10.2 Å². The van der Waals surface area contributed by atoms with E-state index in [9.17, 15) is 0 Å². The van der Waals surface area contributed by atoms with E-state index >= 15 is 0 Å². The first-order valence-corrected chi connectivity index (χ1v) is 6.33. The monoisotopic (exact) mass is 251 g/mol. The summed E-state index contributed by atoms with van der Waals surface area (Å²) in [5.74, 6) is 0.799. The quantitative estimate of drug-likeness (QED) is 0.715. The molecule has 1 N–H and O–H groups in total. The van der Waals surface area contributed by atoms with E-state index in [2.05, 4.69) is 38.8 Å². The Bertz CT molecular complexity index is 775. The molecular formula is C14H13N5. The maximum Gasteiger partial charge on any atom is 0.185 e. The Labute approximate surface area is 110 Å². The Hall–Kier alpha value is -2.27. The van der Waals surface area contributed by atoms with E-state index in [0.717, 1.165) is 35.8 Å². The van der Waals surface area contributed by atoms with Crippen molar-refractivity contribution in [2.75, 3.05) is 0 Å². The van der Waals surface area contributed by atoms with E-state index in [-0.39, 0.29) is 0 Å². The number of fused-ring (bicyclic) bond motifs is 2. The minimum Gasteiger partial charge on any atom is -0.309 e. The van der Waals surface area contributed by atoms with E-state index in [1.54, 1.807) is 4.52 Å². The average molecular weight is 251 g/mol. The topological polar surface area (TPSA) is 55.1 Å². The van der Waals surface area contributed by atoms with Crippen LogP contribution in [-0.2, 0) is 13.1 Å². The molecule has 0 bridgehead atoms. The molecule has 0 amide bonds. The van der Waals surface area contributed by atoms with E-state index in [4.69, 9.17) is 0 Å². The van der Waals surface area contributed by atoms with Crippen LogP contribution >= 0.6 is 0 Å². The first kappa shape index (κ1) is 10.6. The number of hydrogen-bond acceptors (Lipinski definition) is 4. The van der Waals surface area contributed by atoms with Crippen LogP contribution in [0.3, 0.4) is 0 Å². The third-order valence-corrected chi connectivity index (χ3v) is 3.49. The van der Waals surface area contributed by atoms with Gasteiger partial charge in [-0.2, -0.15) is 9.61 Å². The fraction of sp³-hybridized carbons (Fsp3) is 0.214. The van der Waals surface area contributed by atoms with Gasteiger partial charge in [-0.05, 0) is 36.2 Å². The molecule has 0 atom stereocenters. The predicted octanol–water partition coefficient (Wildman–Crippen LogP) is 1.70. The lowest BCUT2D eigenvalue weighted by Gasteiger charge is -2.03. The molecule has 5 nitrogen and oxygen atoms in total. The summed E-state index contributed by atoms with van der Waals surface area (Å²) in [4.78, 5) is 0. The maximum atomic E-state index is 4.48. The molecule has 0 aliphatic carbocycles. The van der Waals surface area contributed by atoms with Crippen LogP contribution in [-0.4, -0.2) is 19.8 Å². The van der Waals surface area contributed by atoms with Crippen LogP contribution in [0.5, 0.6) is 0 Å². The van der Waals surface area contributed by atoms with Gasteiger partial charge in [-0.1, -0.05) is 12.1 Å². The first-order valence-electron chi connectivity index (χ1n) is 6.33. The summed E-state index contributed by atoms with van der Waals surface area (Å²) in [6.07, 6.45) is 0. The minimum absolute atomic E-state index is 0.777. The second kappa shape index (κ2) is 3.86. The molecule has 1 aliphatic rings. The minimum atomic E-state index is 0.777. The lowest BCUT2D eigenvalue weighted by Crippen LogP contribution is -2.00. The fourth-order valence-electron chi connectivity index (χ4n) is 2.49. The average Bonchev–Trinajstić information content (AvgIpc) is 3.03. The molecule has 0 radical (unpaired) electrons. The van der Waals surface area contributed by atoms with Crippen LogP contribution in [0.25, 0.3) is 17.0 Å². The first-order chi connectivity index (χ1) is 9.31. The Kier molecular flexibility index (Phi) is 2.16. The SMILES string of the molecule is Cc1ccc2nnc(-c3ccc4c(c3)CNC4)n2n1. The highest BCUT2D eigenvalue weighted by molar-refractivity contribution is 5.61. The highest BCUT2D eigenvalue weighted by atomic mass is 15.4. The molecule has 94 valence electrons. The van der Waals surface area contributed by atoms with Crippen molar-refractivity contribution in [1.82, 2.24) is 25.1 Å². The summed E-state index contributed by atoms with van der Waals surface area (Å²) < 4.78 is 1.80. The zero-order valence-corrected chi connectivity index (χ0v) is 10.6. The summed E-state index contributed by atoms with van der Waals surface area (Å²) in [6.45, 7) is 3.84. The van der Waals surface area contributed by atoms with Gasteiger partial charge in [-0.25, -0.2) is 0 Å². The lowest BCUT2D eigenvalue weighted by atomic mass is 10.1. The molecular weight excluding hydrogens is 238 g/mol. The summed E-state index contributed by atoms with van der Waals surface area (Å²) in [6, 6.07) is 10.3. The molecule has 5 heteroatoms. The molecule has 4 rings (SSSR count). The third-order valence-electron chi connectivity index (χ3n) is 3.49. The number of nitrogens with one attached hydrogen (secondary N) is 1. The zero-order chi connectivity index (χ0) is 12.8. The summed E-state index contributed by atoms with van der Waals surface area (Å²) in [5, 5.41) is 16.3. The summed E-state index contributed by atoms with van der Waals surface area (Å²) in [5.41, 5.74) is 5.49. The van der Waals surface area contributed by atoms with Crippen LogP contribution in [0.15, 0.2) is 30.3 Å². The summed E-state index contributed by atoms with van der Waals surface area (Å²) >= 11 is 0. The van der Waals surface area contributed by atoms with E-state index in [1.165, 1.54) is 11.1 Å². The Morgan fingerprint density at radius 1 is 1.05 bits per heavy atom. The van der Waals surface area contributed by atoms with Crippen LogP contribution in [0.1, 0.15) is 16.8 Å². The van der Waals surface area contributed by atoms with Gasteiger partial charge in [0, 0.05) is 18.7 Å². The van der Waals surface area contributed by atoms with Gasteiger partial charge >= 0.3 is 0 Å². The standard InChI is InChI=1S/C14H13N5/c1-9-2-5-13-16-17-14(19(13)18-9)10-3-4-11-7-15-8-12(11)6-10/h2-6,15H,7-8H2,1H3. The maximum absolute atomic E-state index is 4.48. The highest BCUT2D eigenvalue weighted by Gasteiger charge is 2.14. The van der Waals surface area contributed by atoms with Gasteiger partial charge < -0.3 is 5.32 Å². The number of hydrogen-bond donors (Lipinski definition) is 1. The Morgan fingerprint density at radius 2 is 1.95 bits per heavy atom. The van der Waals surface area contributed by atoms with Crippen molar-refractivity contribution in [2.45, 2.75) is 20.0 Å². The van der Waals surface area contributed by atoms with Crippen LogP contribution < -0.4 is 5.32 Å². The second-order valence-electron chi connectivity index (χ2n) is 4.86. The number of rotatable bonds is 1. The van der Waals surface area contributed by atoms with Crippen molar-refractivity contribution in [3.63, 3.8) is 0 Å². The highest BCUT2D eigenvalue weighted by Crippen LogP contribution is 2.23. The van der Waals surface area contributed by atoms with Crippen molar-refractivity contribution in [3.05, 3.63) is 47.2 Å². The van der Waals surface area contributed by atoms with Gasteiger partial charge in [-0.3, -0.25) is 0 Å². The predicted molar refractivity (Wildman–Crippen MR) is 71.5 cm³/mol. The van der Waals surface area contributed by atoms with Crippen LogP contribution in [0, 0.1) is 6.92 Å². The van der Waals surface area contributed by atoms with Gasteiger partial charge in [0.05, 0.1) is 5.69 Å². The normalized spacial score (nSPS) is 13.9. The van der Waals surface area contributed by atoms with Crippen molar-refractivity contribution in [1.29, 1.82) is 0 Å². The molecule has 0 spiro atoms. The second-order valence-corrected chi connectivity index (χ2v) is 4.86. The molecule has 3 aromatic rings. The molecule has 2 aromatic heterocycles. The number of nitrogens with zero attached hydrogens (tertiary/aromatic N) is 4. The Morgan fingerprint density at radius 3 is 2.89 bits per heavy atom. The van der Waals surface area contributed by atoms with Gasteiger partial charge in [0.25, 0.3) is 0 Å². The van der Waals surface area contributed by atoms with Gasteiger partial charge in [0.2, 0.25) is 0 Å². The molecule has 1 aromatic carbocycles. The lowest BCUT2D eigenvalue weighted by molar-refractivity contribution is 0.765. The number of aromatic nitrogens is 4. The van der Waals surface area contributed by atoms with Gasteiger partial charge in [0.1, 0.15) is 0 Å². The molecule has 1 aliphatic heterocycles. The van der Waals surface area contributed by atoms with Gasteiger partial charge in [0.15, 0.2) is 11.5 Å². The summed E-state index contributed by atoms with van der Waals surface area (Å²) in [7, 11) is 0. The van der Waals surface area contributed by atoms with Crippen molar-refractivity contribution < 1.29 is 0 Å². The molecule has 0 unspecified atom stereocenters. The van der Waals surface area contributed by atoms with Crippen molar-refractivity contribution >= 4 is 5.65 Å². The van der Waals surface area contributed by atoms with Crippen molar-refractivity contribution in [2.24, 2.45) is 0 Å². The Balaban J connectivity index is 1.92. The fourth-order valence-corrected chi connectivity index (χ4v) is 2.49. The number of benzene rings is 1. The molecule has 0 saturated heterocycles. The smallest absolute Gasteiger partial charge is 0.185 e.